The fraction of sp³-hybridized carbons (Fsp3) is 0.333. The lowest BCUT2D eigenvalue weighted by atomic mass is 10.2. The van der Waals surface area contributed by atoms with E-state index in [0.29, 0.717) is 24.6 Å². The van der Waals surface area contributed by atoms with Gasteiger partial charge in [0.2, 0.25) is 0 Å². The number of ether oxygens (including phenoxy) is 1. The number of aldehydes is 1. The van der Waals surface area contributed by atoms with Crippen molar-refractivity contribution in [3.63, 3.8) is 0 Å². The number of carbonyl (C=O) groups is 1. The van der Waals surface area contributed by atoms with Crippen LogP contribution in [0.2, 0.25) is 0 Å². The number of benzene rings is 1. The lowest BCUT2D eigenvalue weighted by Crippen LogP contribution is -2.16. The van der Waals surface area contributed by atoms with Crippen molar-refractivity contribution in [2.75, 3.05) is 6.61 Å². The van der Waals surface area contributed by atoms with E-state index < -0.39 is 0 Å². The Morgan fingerprint density at radius 3 is 2.78 bits per heavy atom. The van der Waals surface area contributed by atoms with E-state index in [2.05, 4.69) is 22.4 Å². The third kappa shape index (κ3) is 3.38. The predicted molar refractivity (Wildman–Crippen MR) is 64.3 cm³/mol. The molecule has 6 heteroatoms. The van der Waals surface area contributed by atoms with Gasteiger partial charge in [0.15, 0.2) is 0 Å². The molecule has 0 aliphatic carbocycles. The number of aromatic nitrogens is 4. The molecular weight excluding hydrogens is 232 g/mol. The number of hydrogen-bond acceptors (Lipinski definition) is 5. The van der Waals surface area contributed by atoms with Crippen LogP contribution in [0.15, 0.2) is 30.6 Å². The highest BCUT2D eigenvalue weighted by Gasteiger charge is 2.05. The Labute approximate surface area is 105 Å². The molecule has 0 saturated heterocycles. The van der Waals surface area contributed by atoms with Crippen molar-refractivity contribution in [3.8, 4) is 5.75 Å². The first-order valence-electron chi connectivity index (χ1n) is 5.67. The normalized spacial score (nSPS) is 12.1. The summed E-state index contributed by atoms with van der Waals surface area (Å²) in [5, 5.41) is 10.9. The van der Waals surface area contributed by atoms with Crippen molar-refractivity contribution in [3.05, 3.63) is 36.2 Å². The predicted octanol–water partition coefficient (Wildman–Crippen LogP) is 1.20. The maximum Gasteiger partial charge on any atom is 0.150 e. The number of carbonyl (C=O) groups excluding carboxylic acids is 1. The van der Waals surface area contributed by atoms with Gasteiger partial charge in [0, 0.05) is 11.5 Å². The third-order valence-electron chi connectivity index (χ3n) is 2.44. The maximum absolute atomic E-state index is 10.5. The second kappa shape index (κ2) is 5.90. The highest BCUT2D eigenvalue weighted by atomic mass is 16.5. The van der Waals surface area contributed by atoms with Gasteiger partial charge < -0.3 is 4.74 Å². The van der Waals surface area contributed by atoms with Crippen LogP contribution in [0.5, 0.6) is 5.75 Å². The molecule has 2 rings (SSSR count). The Morgan fingerprint density at radius 1 is 1.39 bits per heavy atom. The van der Waals surface area contributed by atoms with Crippen LogP contribution in [-0.4, -0.2) is 33.1 Å². The van der Waals surface area contributed by atoms with Crippen LogP contribution in [0.25, 0.3) is 0 Å². The molecule has 1 unspecified atom stereocenters. The number of hydrogen-bond donors (Lipinski definition) is 0. The zero-order valence-electron chi connectivity index (χ0n) is 10.1. The molecule has 0 saturated carbocycles. The first kappa shape index (κ1) is 12.2. The van der Waals surface area contributed by atoms with E-state index in [1.165, 1.54) is 0 Å². The first-order chi connectivity index (χ1) is 8.78. The van der Waals surface area contributed by atoms with Gasteiger partial charge in [0.05, 0.1) is 13.2 Å². The highest BCUT2D eigenvalue weighted by Crippen LogP contribution is 2.12. The minimum Gasteiger partial charge on any atom is -0.493 e. The Balaban J connectivity index is 1.81. The maximum atomic E-state index is 10.5. The molecule has 2 aromatic rings. The quantitative estimate of drug-likeness (QED) is 0.716. The van der Waals surface area contributed by atoms with E-state index in [9.17, 15) is 4.79 Å². The molecule has 1 heterocycles. The summed E-state index contributed by atoms with van der Waals surface area (Å²) in [6, 6.07) is 7.03. The Bertz CT molecular complexity index is 481. The van der Waals surface area contributed by atoms with Crippen LogP contribution >= 0.6 is 0 Å². The zero-order chi connectivity index (χ0) is 12.8. The van der Waals surface area contributed by atoms with Gasteiger partial charge >= 0.3 is 0 Å². The van der Waals surface area contributed by atoms with Crippen molar-refractivity contribution >= 4 is 6.29 Å². The second-order valence-corrected chi connectivity index (χ2v) is 4.13. The van der Waals surface area contributed by atoms with Crippen molar-refractivity contribution in [1.29, 1.82) is 0 Å². The van der Waals surface area contributed by atoms with E-state index >= 15 is 0 Å². The van der Waals surface area contributed by atoms with Crippen molar-refractivity contribution < 1.29 is 9.53 Å². The standard InChI is InChI=1S/C12H14N4O2/c1-10(6-16-9-13-14-15-16)8-18-12-4-2-11(7-17)3-5-12/h2-5,7,9-10H,6,8H2,1H3. The van der Waals surface area contributed by atoms with Gasteiger partial charge in [-0.3, -0.25) is 4.79 Å². The second-order valence-electron chi connectivity index (χ2n) is 4.13. The van der Waals surface area contributed by atoms with E-state index in [4.69, 9.17) is 4.74 Å². The fourth-order valence-electron chi connectivity index (χ4n) is 1.52. The van der Waals surface area contributed by atoms with Crippen molar-refractivity contribution in [1.82, 2.24) is 20.2 Å². The smallest absolute Gasteiger partial charge is 0.150 e. The Morgan fingerprint density at radius 2 is 2.17 bits per heavy atom. The van der Waals surface area contributed by atoms with Crippen LogP contribution in [0.3, 0.4) is 0 Å². The highest BCUT2D eigenvalue weighted by molar-refractivity contribution is 5.74. The molecule has 0 fully saturated rings. The summed E-state index contributed by atoms with van der Waals surface area (Å²) in [6.07, 6.45) is 2.39. The van der Waals surface area contributed by atoms with Gasteiger partial charge in [-0.2, -0.15) is 0 Å². The average molecular weight is 246 g/mol. The molecule has 1 aromatic carbocycles. The van der Waals surface area contributed by atoms with E-state index in [-0.39, 0.29) is 0 Å². The molecule has 18 heavy (non-hydrogen) atoms. The van der Waals surface area contributed by atoms with Gasteiger partial charge in [-0.1, -0.05) is 6.92 Å². The zero-order valence-corrected chi connectivity index (χ0v) is 10.1. The van der Waals surface area contributed by atoms with Crippen LogP contribution < -0.4 is 4.74 Å². The number of rotatable bonds is 6. The molecule has 0 amide bonds. The first-order valence-corrected chi connectivity index (χ1v) is 5.67. The third-order valence-corrected chi connectivity index (χ3v) is 2.44. The summed E-state index contributed by atoms with van der Waals surface area (Å²) < 4.78 is 7.29. The summed E-state index contributed by atoms with van der Waals surface area (Å²) in [4.78, 5) is 10.5. The van der Waals surface area contributed by atoms with Gasteiger partial charge in [0.1, 0.15) is 18.4 Å². The lowest BCUT2D eigenvalue weighted by molar-refractivity contribution is 0.112. The minimum absolute atomic E-state index is 0.291. The van der Waals surface area contributed by atoms with Gasteiger partial charge in [-0.15, -0.1) is 5.10 Å². The van der Waals surface area contributed by atoms with E-state index in [0.717, 1.165) is 12.0 Å². The molecule has 0 bridgehead atoms. The van der Waals surface area contributed by atoms with Crippen LogP contribution in [-0.2, 0) is 6.54 Å². The van der Waals surface area contributed by atoms with Crippen molar-refractivity contribution in [2.45, 2.75) is 13.5 Å². The summed E-state index contributed by atoms with van der Waals surface area (Å²) >= 11 is 0. The number of tetrazole rings is 1. The summed E-state index contributed by atoms with van der Waals surface area (Å²) in [5.41, 5.74) is 0.643. The molecule has 0 N–H and O–H groups in total. The largest absolute Gasteiger partial charge is 0.493 e. The fourth-order valence-corrected chi connectivity index (χ4v) is 1.52. The van der Waals surface area contributed by atoms with Crippen LogP contribution in [0.4, 0.5) is 0 Å². The van der Waals surface area contributed by atoms with E-state index in [1.54, 1.807) is 35.3 Å². The molecular formula is C12H14N4O2. The van der Waals surface area contributed by atoms with Crippen LogP contribution in [0.1, 0.15) is 17.3 Å². The molecule has 1 aromatic heterocycles. The Hall–Kier alpha value is -2.24. The summed E-state index contributed by atoms with van der Waals surface area (Å²) in [5.74, 6) is 1.04. The molecule has 0 aliphatic heterocycles. The lowest BCUT2D eigenvalue weighted by Gasteiger charge is -2.12. The summed E-state index contributed by atoms with van der Waals surface area (Å²) in [6.45, 7) is 3.33. The van der Waals surface area contributed by atoms with Gasteiger partial charge in [0.25, 0.3) is 0 Å². The van der Waals surface area contributed by atoms with E-state index in [1.807, 2.05) is 0 Å². The van der Waals surface area contributed by atoms with Gasteiger partial charge in [-0.05, 0) is 34.7 Å². The summed E-state index contributed by atoms with van der Waals surface area (Å²) in [7, 11) is 0. The monoisotopic (exact) mass is 246 g/mol. The van der Waals surface area contributed by atoms with Crippen LogP contribution in [0, 0.1) is 5.92 Å². The average Bonchev–Trinajstić information content (AvgIpc) is 2.90. The SMILES string of the molecule is CC(COc1ccc(C=O)cc1)Cn1cnnn1. The molecule has 94 valence electrons. The van der Waals surface area contributed by atoms with Crippen molar-refractivity contribution in [2.24, 2.45) is 5.92 Å². The molecule has 0 spiro atoms. The van der Waals surface area contributed by atoms with Gasteiger partial charge in [-0.25, -0.2) is 4.68 Å². The molecule has 0 aliphatic rings. The molecule has 0 radical (unpaired) electrons. The number of nitrogens with zero attached hydrogens (tertiary/aromatic N) is 4. The Kier molecular flexibility index (Phi) is 4.01. The topological polar surface area (TPSA) is 69.9 Å². The molecule has 1 atom stereocenters. The minimum atomic E-state index is 0.291. The molecule has 6 nitrogen and oxygen atoms in total.